The number of hydrogen-bond acceptors (Lipinski definition) is 2. The summed E-state index contributed by atoms with van der Waals surface area (Å²) in [4.78, 5) is 2.38. The number of nitrogens with one attached hydrogen (secondary N) is 1. The van der Waals surface area contributed by atoms with Crippen molar-refractivity contribution in [1.29, 1.82) is 0 Å². The smallest absolute Gasteiger partial charge is 0.311 e. The number of piperazine rings is 1. The highest BCUT2D eigenvalue weighted by Gasteiger charge is 2.34. The second kappa shape index (κ2) is 7.64. The number of rotatable bonds is 3. The molecule has 0 aliphatic carbocycles. The summed E-state index contributed by atoms with van der Waals surface area (Å²) in [5.41, 5.74) is 1.50. The van der Waals surface area contributed by atoms with Crippen LogP contribution in [-0.4, -0.2) is 30.6 Å². The normalized spacial score (nSPS) is 20.4. The zero-order valence-corrected chi connectivity index (χ0v) is 16.1. The number of hydrogen-bond donors (Lipinski definition) is 1. The molecule has 0 saturated carbocycles. The van der Waals surface area contributed by atoms with Crippen LogP contribution in [0.5, 0.6) is 0 Å². The van der Waals surface area contributed by atoms with Crippen LogP contribution in [-0.2, 0) is 6.18 Å². The number of benzene rings is 2. The van der Waals surface area contributed by atoms with Crippen molar-refractivity contribution >= 4 is 0 Å². The van der Waals surface area contributed by atoms with Gasteiger partial charge in [-0.05, 0) is 28.7 Å². The number of alkyl halides is 3. The minimum atomic E-state index is -4.31. The Labute approximate surface area is 159 Å². The summed E-state index contributed by atoms with van der Waals surface area (Å²) in [5.74, 6) is 0. The van der Waals surface area contributed by atoms with Crippen molar-refractivity contribution in [2.45, 2.75) is 39.0 Å². The Morgan fingerprint density at radius 3 is 2.07 bits per heavy atom. The molecule has 1 N–H and O–H groups in total. The molecule has 2 nitrogen and oxygen atoms in total. The molecule has 0 bridgehead atoms. The van der Waals surface area contributed by atoms with Gasteiger partial charge in [-0.15, -0.1) is 0 Å². The molecule has 1 saturated heterocycles. The first-order chi connectivity index (χ1) is 12.7. The molecule has 146 valence electrons. The summed E-state index contributed by atoms with van der Waals surface area (Å²) in [6.45, 7) is 9.21. The Balaban J connectivity index is 1.95. The van der Waals surface area contributed by atoms with E-state index in [1.165, 1.54) is 12.1 Å². The highest BCUT2D eigenvalue weighted by molar-refractivity contribution is 5.34. The maximum atomic E-state index is 13.0. The molecule has 2 aromatic carbocycles. The van der Waals surface area contributed by atoms with Gasteiger partial charge in [-0.3, -0.25) is 4.90 Å². The lowest BCUT2D eigenvalue weighted by atomic mass is 9.84. The predicted octanol–water partition coefficient (Wildman–Crippen LogP) is 5.11. The standard InChI is InChI=1S/C22H27F3N2/c1-21(2,3)19-15-27(14-13-26-19)20(16-7-5-4-6-8-16)17-9-11-18(12-10-17)22(23,24)25/h4-12,19-20,26H,13-15H2,1-3H3. The van der Waals surface area contributed by atoms with Gasteiger partial charge in [0.1, 0.15) is 0 Å². The summed E-state index contributed by atoms with van der Waals surface area (Å²) >= 11 is 0. The molecular weight excluding hydrogens is 349 g/mol. The van der Waals surface area contributed by atoms with Crippen molar-refractivity contribution in [1.82, 2.24) is 10.2 Å². The van der Waals surface area contributed by atoms with Gasteiger partial charge in [-0.1, -0.05) is 63.2 Å². The van der Waals surface area contributed by atoms with Crippen molar-refractivity contribution < 1.29 is 13.2 Å². The van der Waals surface area contributed by atoms with Gasteiger partial charge in [0.2, 0.25) is 0 Å². The van der Waals surface area contributed by atoms with Crippen LogP contribution in [0.15, 0.2) is 54.6 Å². The van der Waals surface area contributed by atoms with Gasteiger partial charge >= 0.3 is 6.18 Å². The molecule has 0 radical (unpaired) electrons. The minimum absolute atomic E-state index is 0.0552. The molecule has 1 fully saturated rings. The van der Waals surface area contributed by atoms with Crippen molar-refractivity contribution in [3.63, 3.8) is 0 Å². The summed E-state index contributed by atoms with van der Waals surface area (Å²) in [5, 5.41) is 3.59. The van der Waals surface area contributed by atoms with E-state index < -0.39 is 11.7 Å². The Kier molecular flexibility index (Phi) is 5.63. The molecular formula is C22H27F3N2. The van der Waals surface area contributed by atoms with Crippen LogP contribution >= 0.6 is 0 Å². The Morgan fingerprint density at radius 2 is 1.52 bits per heavy atom. The molecule has 3 rings (SSSR count). The van der Waals surface area contributed by atoms with Crippen molar-refractivity contribution in [2.75, 3.05) is 19.6 Å². The van der Waals surface area contributed by atoms with E-state index in [9.17, 15) is 13.2 Å². The van der Waals surface area contributed by atoms with Crippen LogP contribution in [0.2, 0.25) is 0 Å². The maximum Gasteiger partial charge on any atom is 0.416 e. The fourth-order valence-electron chi connectivity index (χ4n) is 3.69. The molecule has 2 aromatic rings. The third-order valence-electron chi connectivity index (χ3n) is 5.29. The molecule has 27 heavy (non-hydrogen) atoms. The lowest BCUT2D eigenvalue weighted by molar-refractivity contribution is -0.137. The molecule has 5 heteroatoms. The first-order valence-corrected chi connectivity index (χ1v) is 9.36. The van der Waals surface area contributed by atoms with E-state index in [0.717, 1.165) is 30.8 Å². The predicted molar refractivity (Wildman–Crippen MR) is 103 cm³/mol. The van der Waals surface area contributed by atoms with E-state index in [1.807, 2.05) is 18.2 Å². The van der Waals surface area contributed by atoms with Crippen LogP contribution in [0, 0.1) is 5.41 Å². The second-order valence-corrected chi connectivity index (χ2v) is 8.30. The van der Waals surface area contributed by atoms with Crippen molar-refractivity contribution in [2.24, 2.45) is 5.41 Å². The first-order valence-electron chi connectivity index (χ1n) is 9.36. The maximum absolute atomic E-state index is 13.0. The average Bonchev–Trinajstić information content (AvgIpc) is 2.62. The number of nitrogens with zero attached hydrogens (tertiary/aromatic N) is 1. The zero-order valence-electron chi connectivity index (χ0n) is 16.1. The Hall–Kier alpha value is -1.85. The Morgan fingerprint density at radius 1 is 0.926 bits per heavy atom. The van der Waals surface area contributed by atoms with Gasteiger partial charge in [0.25, 0.3) is 0 Å². The van der Waals surface area contributed by atoms with Crippen LogP contribution in [0.4, 0.5) is 13.2 Å². The first kappa shape index (κ1) is 19.9. The average molecular weight is 376 g/mol. The van der Waals surface area contributed by atoms with Crippen LogP contribution in [0.1, 0.15) is 43.5 Å². The Bertz CT molecular complexity index is 733. The van der Waals surface area contributed by atoms with Gasteiger partial charge in [-0.2, -0.15) is 13.2 Å². The topological polar surface area (TPSA) is 15.3 Å². The van der Waals surface area contributed by atoms with E-state index in [-0.39, 0.29) is 11.5 Å². The fraction of sp³-hybridized carbons (Fsp3) is 0.455. The summed E-state index contributed by atoms with van der Waals surface area (Å²) in [6, 6.07) is 15.9. The SMILES string of the molecule is CC(C)(C)C1CN(C(c2ccccc2)c2ccc(C(F)(F)F)cc2)CCN1. The number of halogens is 3. The van der Waals surface area contributed by atoms with Crippen LogP contribution < -0.4 is 5.32 Å². The minimum Gasteiger partial charge on any atom is -0.311 e. The lowest BCUT2D eigenvalue weighted by Crippen LogP contribution is -2.56. The lowest BCUT2D eigenvalue weighted by Gasteiger charge is -2.44. The van der Waals surface area contributed by atoms with Gasteiger partial charge in [-0.25, -0.2) is 0 Å². The molecule has 0 amide bonds. The van der Waals surface area contributed by atoms with Crippen molar-refractivity contribution in [3.05, 3.63) is 71.3 Å². The van der Waals surface area contributed by atoms with E-state index in [1.54, 1.807) is 12.1 Å². The van der Waals surface area contributed by atoms with Gasteiger partial charge in [0, 0.05) is 25.7 Å². The van der Waals surface area contributed by atoms with Crippen LogP contribution in [0.25, 0.3) is 0 Å². The van der Waals surface area contributed by atoms with E-state index in [4.69, 9.17) is 0 Å². The molecule has 1 aliphatic rings. The van der Waals surface area contributed by atoms with Crippen molar-refractivity contribution in [3.8, 4) is 0 Å². The molecule has 1 heterocycles. The molecule has 2 atom stereocenters. The largest absolute Gasteiger partial charge is 0.416 e. The third-order valence-corrected chi connectivity index (χ3v) is 5.29. The van der Waals surface area contributed by atoms with Gasteiger partial charge in [0.05, 0.1) is 11.6 Å². The third kappa shape index (κ3) is 4.71. The summed E-state index contributed by atoms with van der Waals surface area (Å²) in [7, 11) is 0. The highest BCUT2D eigenvalue weighted by atomic mass is 19.4. The second-order valence-electron chi connectivity index (χ2n) is 8.30. The quantitative estimate of drug-likeness (QED) is 0.800. The van der Waals surface area contributed by atoms with Gasteiger partial charge in [0.15, 0.2) is 0 Å². The molecule has 0 spiro atoms. The summed E-state index contributed by atoms with van der Waals surface area (Å²) in [6.07, 6.45) is -4.31. The monoisotopic (exact) mass is 376 g/mol. The highest BCUT2D eigenvalue weighted by Crippen LogP contribution is 2.34. The van der Waals surface area contributed by atoms with E-state index in [0.29, 0.717) is 6.04 Å². The molecule has 1 aliphatic heterocycles. The molecule has 2 unspecified atom stereocenters. The van der Waals surface area contributed by atoms with Crippen LogP contribution in [0.3, 0.4) is 0 Å². The van der Waals surface area contributed by atoms with Gasteiger partial charge < -0.3 is 5.32 Å². The molecule has 0 aromatic heterocycles. The zero-order chi connectivity index (χ0) is 19.7. The van der Waals surface area contributed by atoms with E-state index in [2.05, 4.69) is 43.1 Å². The summed E-state index contributed by atoms with van der Waals surface area (Å²) < 4.78 is 38.9. The fourth-order valence-corrected chi connectivity index (χ4v) is 3.69. The van der Waals surface area contributed by atoms with E-state index >= 15 is 0 Å².